The predicted octanol–water partition coefficient (Wildman–Crippen LogP) is 1.60. The average molecular weight is 163 g/mol. The summed E-state index contributed by atoms with van der Waals surface area (Å²) in [5.41, 5.74) is 1.98. The second kappa shape index (κ2) is 2.75. The molecule has 0 N–H and O–H groups in total. The first-order valence-electron chi connectivity index (χ1n) is 3.12. The van der Waals surface area contributed by atoms with Crippen LogP contribution in [-0.2, 0) is 0 Å². The number of thiophene rings is 1. The Hall–Kier alpha value is -1.29. The topological polar surface area (TPSA) is 38.7 Å². The SMILES string of the molecule is c1nncc(-c2ccsc2)n1. The Kier molecular flexibility index (Phi) is 1.61. The molecule has 4 heteroatoms. The Morgan fingerprint density at radius 1 is 1.27 bits per heavy atom. The van der Waals surface area contributed by atoms with Gasteiger partial charge in [0.15, 0.2) is 0 Å². The molecule has 0 spiro atoms. The van der Waals surface area contributed by atoms with Gasteiger partial charge in [0.2, 0.25) is 0 Å². The summed E-state index contributed by atoms with van der Waals surface area (Å²) < 4.78 is 0. The van der Waals surface area contributed by atoms with Crippen LogP contribution in [0.1, 0.15) is 0 Å². The molecule has 0 unspecified atom stereocenters. The van der Waals surface area contributed by atoms with Gasteiger partial charge in [-0.2, -0.15) is 16.4 Å². The maximum atomic E-state index is 4.05. The number of hydrogen-bond donors (Lipinski definition) is 0. The van der Waals surface area contributed by atoms with Crippen LogP contribution >= 0.6 is 11.3 Å². The van der Waals surface area contributed by atoms with Crippen LogP contribution in [-0.4, -0.2) is 15.2 Å². The van der Waals surface area contributed by atoms with Gasteiger partial charge in [-0.15, -0.1) is 5.10 Å². The molecule has 0 saturated heterocycles. The van der Waals surface area contributed by atoms with Crippen molar-refractivity contribution in [2.24, 2.45) is 0 Å². The molecule has 0 aliphatic rings. The molecule has 0 fully saturated rings. The maximum Gasteiger partial charge on any atom is 0.138 e. The highest BCUT2D eigenvalue weighted by molar-refractivity contribution is 7.08. The molecule has 2 heterocycles. The minimum absolute atomic E-state index is 0.876. The molecule has 3 nitrogen and oxygen atoms in total. The first-order valence-corrected chi connectivity index (χ1v) is 4.06. The molecule has 0 radical (unpaired) electrons. The molecule has 2 aromatic heterocycles. The molecule has 0 saturated carbocycles. The number of nitrogens with zero attached hydrogens (tertiary/aromatic N) is 3. The highest BCUT2D eigenvalue weighted by Gasteiger charge is 1.96. The van der Waals surface area contributed by atoms with Crippen molar-refractivity contribution in [2.75, 3.05) is 0 Å². The zero-order chi connectivity index (χ0) is 7.52. The van der Waals surface area contributed by atoms with Crippen molar-refractivity contribution >= 4 is 11.3 Å². The Morgan fingerprint density at radius 3 is 2.91 bits per heavy atom. The smallest absolute Gasteiger partial charge is 0.138 e. The summed E-state index contributed by atoms with van der Waals surface area (Å²) in [5.74, 6) is 0. The quantitative estimate of drug-likeness (QED) is 0.641. The minimum atomic E-state index is 0.876. The van der Waals surface area contributed by atoms with Crippen molar-refractivity contribution in [3.63, 3.8) is 0 Å². The molecular weight excluding hydrogens is 158 g/mol. The summed E-state index contributed by atoms with van der Waals surface area (Å²) >= 11 is 1.65. The standard InChI is InChI=1S/C7H5N3S/c1-2-11-4-6(1)7-3-9-10-5-8-7/h1-5H. The monoisotopic (exact) mass is 163 g/mol. The fourth-order valence-corrected chi connectivity index (χ4v) is 1.45. The van der Waals surface area contributed by atoms with Crippen molar-refractivity contribution in [1.29, 1.82) is 0 Å². The van der Waals surface area contributed by atoms with Crippen LogP contribution in [0.15, 0.2) is 29.4 Å². The van der Waals surface area contributed by atoms with Crippen LogP contribution in [0.25, 0.3) is 11.3 Å². The maximum absolute atomic E-state index is 4.05. The number of rotatable bonds is 1. The third kappa shape index (κ3) is 1.25. The second-order valence-electron chi connectivity index (χ2n) is 2.00. The van der Waals surface area contributed by atoms with Crippen LogP contribution < -0.4 is 0 Å². The van der Waals surface area contributed by atoms with Gasteiger partial charge in [-0.05, 0) is 11.4 Å². The van der Waals surface area contributed by atoms with Crippen molar-refractivity contribution in [3.05, 3.63) is 29.4 Å². The van der Waals surface area contributed by atoms with E-state index in [1.807, 2.05) is 16.8 Å². The lowest BCUT2D eigenvalue weighted by atomic mass is 10.3. The van der Waals surface area contributed by atoms with E-state index in [-0.39, 0.29) is 0 Å². The van der Waals surface area contributed by atoms with Gasteiger partial charge in [-0.1, -0.05) is 0 Å². The zero-order valence-electron chi connectivity index (χ0n) is 5.64. The lowest BCUT2D eigenvalue weighted by Crippen LogP contribution is -1.84. The van der Waals surface area contributed by atoms with E-state index >= 15 is 0 Å². The van der Waals surface area contributed by atoms with E-state index in [4.69, 9.17) is 0 Å². The summed E-state index contributed by atoms with van der Waals surface area (Å²) in [6, 6.07) is 2.01. The molecule has 0 bridgehead atoms. The largest absolute Gasteiger partial charge is 0.233 e. The van der Waals surface area contributed by atoms with Gasteiger partial charge in [0.25, 0.3) is 0 Å². The third-order valence-electron chi connectivity index (χ3n) is 1.31. The van der Waals surface area contributed by atoms with Gasteiger partial charge in [0, 0.05) is 10.9 Å². The average Bonchev–Trinajstić information content (AvgIpc) is 2.58. The first kappa shape index (κ1) is 6.42. The fraction of sp³-hybridized carbons (Fsp3) is 0. The van der Waals surface area contributed by atoms with Crippen molar-refractivity contribution in [2.45, 2.75) is 0 Å². The van der Waals surface area contributed by atoms with Crippen LogP contribution in [0.3, 0.4) is 0 Å². The van der Waals surface area contributed by atoms with Crippen molar-refractivity contribution in [3.8, 4) is 11.3 Å². The summed E-state index contributed by atoms with van der Waals surface area (Å²) in [4.78, 5) is 4.05. The van der Waals surface area contributed by atoms with Gasteiger partial charge in [-0.3, -0.25) is 0 Å². The van der Waals surface area contributed by atoms with Crippen molar-refractivity contribution < 1.29 is 0 Å². The van der Waals surface area contributed by atoms with Gasteiger partial charge in [0.05, 0.1) is 11.9 Å². The predicted molar refractivity (Wildman–Crippen MR) is 43.1 cm³/mol. The molecule has 0 aliphatic heterocycles. The van der Waals surface area contributed by atoms with E-state index in [2.05, 4.69) is 15.2 Å². The zero-order valence-corrected chi connectivity index (χ0v) is 6.45. The Bertz CT molecular complexity index is 317. The van der Waals surface area contributed by atoms with Gasteiger partial charge in [-0.25, -0.2) is 4.98 Å². The molecule has 11 heavy (non-hydrogen) atoms. The fourth-order valence-electron chi connectivity index (χ4n) is 0.798. The molecule has 0 amide bonds. The van der Waals surface area contributed by atoms with E-state index in [0.29, 0.717) is 0 Å². The number of aromatic nitrogens is 3. The highest BCUT2D eigenvalue weighted by Crippen LogP contribution is 2.17. The summed E-state index contributed by atoms with van der Waals surface area (Å²) in [5, 5.41) is 11.4. The van der Waals surface area contributed by atoms with Gasteiger partial charge in [0.1, 0.15) is 6.33 Å². The van der Waals surface area contributed by atoms with E-state index < -0.39 is 0 Å². The van der Waals surface area contributed by atoms with Crippen LogP contribution in [0.4, 0.5) is 0 Å². The molecular formula is C7H5N3S. The van der Waals surface area contributed by atoms with E-state index in [1.54, 1.807) is 17.5 Å². The van der Waals surface area contributed by atoms with E-state index in [1.165, 1.54) is 6.33 Å². The summed E-state index contributed by atoms with van der Waals surface area (Å²) in [7, 11) is 0. The lowest BCUT2D eigenvalue weighted by Gasteiger charge is -1.90. The Morgan fingerprint density at radius 2 is 2.27 bits per heavy atom. The van der Waals surface area contributed by atoms with E-state index in [9.17, 15) is 0 Å². The summed E-state index contributed by atoms with van der Waals surface area (Å²) in [6.45, 7) is 0. The van der Waals surface area contributed by atoms with Crippen LogP contribution in [0.5, 0.6) is 0 Å². The lowest BCUT2D eigenvalue weighted by molar-refractivity contribution is 0.974. The molecule has 0 aliphatic carbocycles. The Balaban J connectivity index is 2.46. The van der Waals surface area contributed by atoms with Gasteiger partial charge < -0.3 is 0 Å². The molecule has 0 atom stereocenters. The summed E-state index contributed by atoms with van der Waals surface area (Å²) in [6.07, 6.45) is 3.11. The van der Waals surface area contributed by atoms with Crippen molar-refractivity contribution in [1.82, 2.24) is 15.2 Å². The minimum Gasteiger partial charge on any atom is -0.233 e. The molecule has 0 aromatic carbocycles. The molecule has 54 valence electrons. The second-order valence-corrected chi connectivity index (χ2v) is 2.78. The molecule has 2 aromatic rings. The molecule has 2 rings (SSSR count). The number of hydrogen-bond acceptors (Lipinski definition) is 4. The highest BCUT2D eigenvalue weighted by atomic mass is 32.1. The Labute approximate surface area is 67.8 Å². The van der Waals surface area contributed by atoms with Crippen LogP contribution in [0, 0.1) is 0 Å². The first-order chi connectivity index (χ1) is 5.47. The van der Waals surface area contributed by atoms with Gasteiger partial charge >= 0.3 is 0 Å². The van der Waals surface area contributed by atoms with E-state index in [0.717, 1.165) is 11.3 Å². The normalized spacial score (nSPS) is 9.82. The van der Waals surface area contributed by atoms with Crippen LogP contribution in [0.2, 0.25) is 0 Å². The third-order valence-corrected chi connectivity index (χ3v) is 2.00.